The molecule has 0 aromatic heterocycles. The van der Waals surface area contributed by atoms with Gasteiger partial charge in [0.25, 0.3) is 0 Å². The molecule has 0 aliphatic carbocycles. The van der Waals surface area contributed by atoms with Gasteiger partial charge in [-0.1, -0.05) is 6.42 Å². The van der Waals surface area contributed by atoms with E-state index in [9.17, 15) is 4.79 Å². The van der Waals surface area contributed by atoms with Crippen molar-refractivity contribution in [1.29, 1.82) is 0 Å². The van der Waals surface area contributed by atoms with E-state index in [-0.39, 0.29) is 11.8 Å². The van der Waals surface area contributed by atoms with Crippen LogP contribution in [-0.2, 0) is 9.53 Å². The lowest BCUT2D eigenvalue weighted by atomic mass is 10.0. The number of carbonyl (C=O) groups is 1. The van der Waals surface area contributed by atoms with Crippen molar-refractivity contribution in [2.24, 2.45) is 0 Å². The molecule has 13 heavy (non-hydrogen) atoms. The number of rotatable bonds is 4. The first-order valence-corrected chi connectivity index (χ1v) is 5.31. The smallest absolute Gasteiger partial charge is 0.320 e. The molecule has 4 heteroatoms. The van der Waals surface area contributed by atoms with Crippen LogP contribution in [0.4, 0.5) is 0 Å². The highest BCUT2D eigenvalue weighted by Crippen LogP contribution is 2.09. The summed E-state index contributed by atoms with van der Waals surface area (Å²) in [5, 5.41) is 3.39. The number of halogens is 1. The Balaban J connectivity index is 2.01. The van der Waals surface area contributed by atoms with E-state index in [1.54, 1.807) is 0 Å². The van der Waals surface area contributed by atoms with Gasteiger partial charge in [-0.3, -0.25) is 4.79 Å². The minimum atomic E-state index is -0.322. The Kier molecular flexibility index (Phi) is 5.16. The molecule has 1 fully saturated rings. The highest BCUT2D eigenvalue weighted by molar-refractivity contribution is 6.26. The van der Waals surface area contributed by atoms with Crippen LogP contribution in [0.3, 0.4) is 0 Å². The highest BCUT2D eigenvalue weighted by Gasteiger charge is 2.12. The lowest BCUT2D eigenvalue weighted by Gasteiger charge is -2.22. The lowest BCUT2D eigenvalue weighted by molar-refractivity contribution is -0.140. The van der Waals surface area contributed by atoms with Crippen LogP contribution in [0, 0.1) is 0 Å². The van der Waals surface area contributed by atoms with E-state index >= 15 is 0 Å². The summed E-state index contributed by atoms with van der Waals surface area (Å²) < 4.78 is 4.88. The summed E-state index contributed by atoms with van der Waals surface area (Å²) in [4.78, 5) is 10.7. The molecule has 1 heterocycles. The first kappa shape index (κ1) is 10.8. The van der Waals surface area contributed by atoms with Gasteiger partial charge in [0.05, 0.1) is 6.61 Å². The van der Waals surface area contributed by atoms with Crippen LogP contribution in [0.2, 0.25) is 0 Å². The monoisotopic (exact) mass is 205 g/mol. The van der Waals surface area contributed by atoms with E-state index in [2.05, 4.69) is 5.32 Å². The Morgan fingerprint density at radius 2 is 2.38 bits per heavy atom. The molecule has 76 valence electrons. The molecule has 1 aliphatic rings. The summed E-state index contributed by atoms with van der Waals surface area (Å²) in [5.41, 5.74) is 0. The molecule has 1 rings (SSSR count). The minimum absolute atomic E-state index is 0.0436. The molecule has 0 saturated carbocycles. The van der Waals surface area contributed by atoms with Crippen LogP contribution in [0.1, 0.15) is 25.7 Å². The van der Waals surface area contributed by atoms with Crippen molar-refractivity contribution in [2.75, 3.05) is 19.0 Å². The predicted octanol–water partition coefficient (Wildman–Crippen LogP) is 1.30. The van der Waals surface area contributed by atoms with Gasteiger partial charge in [0.2, 0.25) is 0 Å². The molecule has 0 aromatic carbocycles. The summed E-state index contributed by atoms with van der Waals surface area (Å²) in [6.45, 7) is 1.58. The van der Waals surface area contributed by atoms with E-state index in [1.807, 2.05) is 0 Å². The zero-order valence-electron chi connectivity index (χ0n) is 7.72. The average Bonchev–Trinajstić information content (AvgIpc) is 2.19. The standard InChI is InChI=1S/C9H16ClNO2/c10-7-9(12)13-6-4-8-3-1-2-5-11-8/h8,11H,1-7H2. The van der Waals surface area contributed by atoms with Gasteiger partial charge in [-0.25, -0.2) is 0 Å². The molecule has 1 atom stereocenters. The number of nitrogens with one attached hydrogen (secondary N) is 1. The molecule has 0 bridgehead atoms. The summed E-state index contributed by atoms with van der Waals surface area (Å²) in [6.07, 6.45) is 4.64. The number of alkyl halides is 1. The van der Waals surface area contributed by atoms with Gasteiger partial charge < -0.3 is 10.1 Å². The highest BCUT2D eigenvalue weighted by atomic mass is 35.5. The van der Waals surface area contributed by atoms with E-state index in [0.29, 0.717) is 12.6 Å². The Morgan fingerprint density at radius 1 is 1.54 bits per heavy atom. The second-order valence-electron chi connectivity index (χ2n) is 3.29. The van der Waals surface area contributed by atoms with Gasteiger partial charge in [-0.15, -0.1) is 11.6 Å². The van der Waals surface area contributed by atoms with Crippen molar-refractivity contribution >= 4 is 17.6 Å². The third-order valence-corrected chi connectivity index (χ3v) is 2.47. The molecule has 1 saturated heterocycles. The number of piperidine rings is 1. The van der Waals surface area contributed by atoms with Gasteiger partial charge in [0.15, 0.2) is 0 Å². The number of hydrogen-bond donors (Lipinski definition) is 1. The summed E-state index contributed by atoms with van der Waals surface area (Å²) in [6, 6.07) is 0.525. The van der Waals surface area contributed by atoms with Gasteiger partial charge >= 0.3 is 5.97 Å². The van der Waals surface area contributed by atoms with E-state index in [4.69, 9.17) is 16.3 Å². The number of ether oxygens (including phenoxy) is 1. The fraction of sp³-hybridized carbons (Fsp3) is 0.889. The number of hydrogen-bond acceptors (Lipinski definition) is 3. The average molecular weight is 206 g/mol. The third kappa shape index (κ3) is 4.48. The second-order valence-corrected chi connectivity index (χ2v) is 3.56. The maximum Gasteiger partial charge on any atom is 0.320 e. The number of esters is 1. The molecular formula is C9H16ClNO2. The normalized spacial score (nSPS) is 22.7. The topological polar surface area (TPSA) is 38.3 Å². The fourth-order valence-corrected chi connectivity index (χ4v) is 1.60. The van der Waals surface area contributed by atoms with E-state index in [0.717, 1.165) is 13.0 Å². The van der Waals surface area contributed by atoms with Crippen LogP contribution in [0.15, 0.2) is 0 Å². The number of carbonyl (C=O) groups excluding carboxylic acids is 1. The van der Waals surface area contributed by atoms with E-state index in [1.165, 1.54) is 19.3 Å². The van der Waals surface area contributed by atoms with Crippen molar-refractivity contribution in [3.05, 3.63) is 0 Å². The molecular weight excluding hydrogens is 190 g/mol. The molecule has 1 N–H and O–H groups in total. The van der Waals surface area contributed by atoms with Crippen molar-refractivity contribution in [3.8, 4) is 0 Å². The summed E-state index contributed by atoms with van der Waals surface area (Å²) in [7, 11) is 0. The summed E-state index contributed by atoms with van der Waals surface area (Å²) in [5.74, 6) is -0.365. The van der Waals surface area contributed by atoms with Crippen LogP contribution in [0.25, 0.3) is 0 Å². The largest absolute Gasteiger partial charge is 0.465 e. The van der Waals surface area contributed by atoms with Crippen LogP contribution in [0.5, 0.6) is 0 Å². The van der Waals surface area contributed by atoms with Gasteiger partial charge in [-0.2, -0.15) is 0 Å². The van der Waals surface area contributed by atoms with Crippen LogP contribution < -0.4 is 5.32 Å². The van der Waals surface area contributed by atoms with E-state index < -0.39 is 0 Å². The van der Waals surface area contributed by atoms with Crippen molar-refractivity contribution in [3.63, 3.8) is 0 Å². The molecule has 0 amide bonds. The molecule has 1 unspecified atom stereocenters. The SMILES string of the molecule is O=C(CCl)OCCC1CCCCN1. The van der Waals surface area contributed by atoms with Crippen molar-refractivity contribution in [1.82, 2.24) is 5.32 Å². The van der Waals surface area contributed by atoms with Crippen molar-refractivity contribution in [2.45, 2.75) is 31.7 Å². The molecule has 3 nitrogen and oxygen atoms in total. The first-order chi connectivity index (χ1) is 6.33. The first-order valence-electron chi connectivity index (χ1n) is 4.78. The molecule has 1 aliphatic heterocycles. The van der Waals surface area contributed by atoms with Gasteiger partial charge in [0, 0.05) is 6.04 Å². The lowest BCUT2D eigenvalue weighted by Crippen LogP contribution is -2.35. The minimum Gasteiger partial charge on any atom is -0.465 e. The second kappa shape index (κ2) is 6.22. The zero-order chi connectivity index (χ0) is 9.52. The Labute approximate surface area is 83.8 Å². The van der Waals surface area contributed by atoms with Gasteiger partial charge in [0.1, 0.15) is 5.88 Å². The maximum atomic E-state index is 10.7. The van der Waals surface area contributed by atoms with Crippen LogP contribution in [-0.4, -0.2) is 31.0 Å². The molecule has 0 aromatic rings. The molecule has 0 radical (unpaired) electrons. The van der Waals surface area contributed by atoms with Crippen LogP contribution >= 0.6 is 11.6 Å². The maximum absolute atomic E-state index is 10.7. The summed E-state index contributed by atoms with van der Waals surface area (Å²) >= 11 is 5.28. The molecule has 0 spiro atoms. The zero-order valence-corrected chi connectivity index (χ0v) is 8.48. The Bertz CT molecular complexity index is 158. The van der Waals surface area contributed by atoms with Gasteiger partial charge in [-0.05, 0) is 25.8 Å². The fourth-order valence-electron chi connectivity index (χ4n) is 1.52. The quantitative estimate of drug-likeness (QED) is 0.556. The predicted molar refractivity (Wildman–Crippen MR) is 51.9 cm³/mol. The third-order valence-electron chi connectivity index (χ3n) is 2.25. The Morgan fingerprint density at radius 3 is 3.00 bits per heavy atom. The Hall–Kier alpha value is -0.280. The van der Waals surface area contributed by atoms with Crippen molar-refractivity contribution < 1.29 is 9.53 Å².